The van der Waals surface area contributed by atoms with E-state index >= 15 is 0 Å². The van der Waals surface area contributed by atoms with Crippen molar-refractivity contribution in [2.45, 2.75) is 18.3 Å². The first kappa shape index (κ1) is 23.8. The summed E-state index contributed by atoms with van der Waals surface area (Å²) in [5.41, 5.74) is 2.12. The molecule has 2 aliphatic heterocycles. The van der Waals surface area contributed by atoms with Crippen LogP contribution in [0.25, 0.3) is 0 Å². The maximum absolute atomic E-state index is 12.8. The maximum Gasteiger partial charge on any atom is 0.355 e. The third-order valence-electron chi connectivity index (χ3n) is 4.23. The number of amides is 2. The summed E-state index contributed by atoms with van der Waals surface area (Å²) in [4.78, 5) is 58.6. The third-order valence-corrected chi connectivity index (χ3v) is 6.35. The van der Waals surface area contributed by atoms with Gasteiger partial charge in [0.05, 0.1) is 5.51 Å². The molecule has 3 heterocycles. The molecule has 0 aliphatic carbocycles. The lowest BCUT2D eigenvalue weighted by molar-refractivity contribution is -0.152. The van der Waals surface area contributed by atoms with Crippen LogP contribution < -0.4 is 5.32 Å². The largest absolute Gasteiger partial charge is 0.479 e. The van der Waals surface area contributed by atoms with Crippen LogP contribution in [0.2, 0.25) is 0 Å². The SMILES string of the molecule is C=C(Cl)COC(=O)C1=C(C)CS[C@@H]2C(NC(=O)/C(=N\OCC(=O)O)c3cscn3)C(=O)N12. The van der Waals surface area contributed by atoms with E-state index in [0.29, 0.717) is 11.3 Å². The van der Waals surface area contributed by atoms with Crippen LogP contribution in [0.3, 0.4) is 0 Å². The highest BCUT2D eigenvalue weighted by Gasteiger charge is 2.54. The van der Waals surface area contributed by atoms with E-state index < -0.39 is 41.8 Å². The normalized spacial score (nSPS) is 20.2. The number of β-lactam (4-membered cyclic amide) rings is 1. The van der Waals surface area contributed by atoms with Crippen molar-refractivity contribution in [3.05, 3.63) is 39.5 Å². The van der Waals surface area contributed by atoms with E-state index in [1.807, 2.05) is 0 Å². The monoisotopic (exact) mass is 500 g/mol. The number of esters is 1. The van der Waals surface area contributed by atoms with E-state index in [-0.39, 0.29) is 28.7 Å². The molecule has 0 radical (unpaired) electrons. The Morgan fingerprint density at radius 2 is 2.19 bits per heavy atom. The lowest BCUT2D eigenvalue weighted by atomic mass is 10.0. The fourth-order valence-corrected chi connectivity index (χ4v) is 4.75. The van der Waals surface area contributed by atoms with Gasteiger partial charge in [0.15, 0.2) is 5.71 Å². The molecule has 2 amide bonds. The van der Waals surface area contributed by atoms with Gasteiger partial charge in [0.25, 0.3) is 11.8 Å². The number of oxime groups is 1. The summed E-state index contributed by atoms with van der Waals surface area (Å²) < 4.78 is 5.07. The van der Waals surface area contributed by atoms with Gasteiger partial charge in [-0.25, -0.2) is 14.6 Å². The zero-order chi connectivity index (χ0) is 23.4. The van der Waals surface area contributed by atoms with E-state index in [9.17, 15) is 19.2 Å². The summed E-state index contributed by atoms with van der Waals surface area (Å²) >= 11 is 8.20. The Morgan fingerprint density at radius 3 is 2.81 bits per heavy atom. The predicted molar refractivity (Wildman–Crippen MR) is 116 cm³/mol. The highest BCUT2D eigenvalue weighted by molar-refractivity contribution is 8.00. The molecule has 14 heteroatoms. The number of thioether (sulfide) groups is 1. The first-order chi connectivity index (χ1) is 15.2. The smallest absolute Gasteiger partial charge is 0.355 e. The quantitative estimate of drug-likeness (QED) is 0.218. The molecule has 11 nitrogen and oxygen atoms in total. The van der Waals surface area contributed by atoms with E-state index in [1.165, 1.54) is 38.9 Å². The molecule has 0 aromatic carbocycles. The molecule has 1 aromatic rings. The van der Waals surface area contributed by atoms with Gasteiger partial charge in [-0.2, -0.15) is 0 Å². The van der Waals surface area contributed by atoms with Crippen molar-refractivity contribution < 1.29 is 33.9 Å². The van der Waals surface area contributed by atoms with Crippen LogP contribution in [0.1, 0.15) is 12.6 Å². The molecule has 32 heavy (non-hydrogen) atoms. The van der Waals surface area contributed by atoms with Gasteiger partial charge >= 0.3 is 11.9 Å². The lowest BCUT2D eigenvalue weighted by Crippen LogP contribution is -2.71. The third kappa shape index (κ3) is 5.11. The van der Waals surface area contributed by atoms with Gasteiger partial charge in [-0.1, -0.05) is 23.3 Å². The topological polar surface area (TPSA) is 147 Å². The molecule has 3 rings (SSSR count). The van der Waals surface area contributed by atoms with Crippen LogP contribution in [0.5, 0.6) is 0 Å². The Bertz CT molecular complexity index is 1020. The molecule has 1 saturated heterocycles. The molecular formula is C18H17ClN4O7S2. The van der Waals surface area contributed by atoms with Crippen molar-refractivity contribution >= 4 is 64.2 Å². The molecule has 170 valence electrons. The highest BCUT2D eigenvalue weighted by Crippen LogP contribution is 2.40. The Balaban J connectivity index is 1.73. The van der Waals surface area contributed by atoms with Crippen molar-refractivity contribution in [3.63, 3.8) is 0 Å². The van der Waals surface area contributed by atoms with Crippen molar-refractivity contribution in [1.82, 2.24) is 15.2 Å². The number of fused-ring (bicyclic) bond motifs is 1. The summed E-state index contributed by atoms with van der Waals surface area (Å²) in [6, 6.07) is -0.935. The first-order valence-corrected chi connectivity index (χ1v) is 11.3. The number of thiazole rings is 1. The summed E-state index contributed by atoms with van der Waals surface area (Å²) in [5, 5.41) is 16.0. The van der Waals surface area contributed by atoms with Crippen molar-refractivity contribution in [1.29, 1.82) is 0 Å². The Kier molecular flexibility index (Phi) is 7.53. The van der Waals surface area contributed by atoms with E-state index in [4.69, 9.17) is 21.4 Å². The predicted octanol–water partition coefficient (Wildman–Crippen LogP) is 0.918. The van der Waals surface area contributed by atoms with Crippen LogP contribution in [0, 0.1) is 0 Å². The number of nitrogens with one attached hydrogen (secondary N) is 1. The van der Waals surface area contributed by atoms with E-state index in [2.05, 4.69) is 26.9 Å². The number of aromatic nitrogens is 1. The molecule has 2 atom stereocenters. The number of carbonyl (C=O) groups is 4. The molecule has 0 bridgehead atoms. The highest BCUT2D eigenvalue weighted by atomic mass is 35.5. The fraction of sp³-hybridized carbons (Fsp3) is 0.333. The van der Waals surface area contributed by atoms with Crippen LogP contribution >= 0.6 is 34.7 Å². The molecule has 1 aromatic heterocycles. The van der Waals surface area contributed by atoms with Crippen LogP contribution in [0.4, 0.5) is 0 Å². The lowest BCUT2D eigenvalue weighted by Gasteiger charge is -2.49. The van der Waals surface area contributed by atoms with Gasteiger partial charge in [0.2, 0.25) is 6.61 Å². The number of carboxylic acid groups (broad SMARTS) is 1. The number of nitrogens with zero attached hydrogens (tertiary/aromatic N) is 3. The van der Waals surface area contributed by atoms with Crippen molar-refractivity contribution in [3.8, 4) is 0 Å². The molecular weight excluding hydrogens is 484 g/mol. The fourth-order valence-electron chi connectivity index (χ4n) is 2.87. The van der Waals surface area contributed by atoms with Crippen molar-refractivity contribution in [2.24, 2.45) is 5.16 Å². The van der Waals surface area contributed by atoms with E-state index in [0.717, 1.165) is 0 Å². The molecule has 2 aliphatic rings. The van der Waals surface area contributed by atoms with Gasteiger partial charge in [0.1, 0.15) is 29.4 Å². The summed E-state index contributed by atoms with van der Waals surface area (Å²) in [7, 11) is 0. The van der Waals surface area contributed by atoms with Gasteiger partial charge in [-0.3, -0.25) is 14.5 Å². The minimum atomic E-state index is -1.27. The number of halogens is 1. The summed E-state index contributed by atoms with van der Waals surface area (Å²) in [6.07, 6.45) is 0. The Morgan fingerprint density at radius 1 is 1.44 bits per heavy atom. The molecule has 1 unspecified atom stereocenters. The number of carbonyl (C=O) groups excluding carboxylic acids is 3. The second kappa shape index (κ2) is 10.1. The molecule has 0 spiro atoms. The minimum Gasteiger partial charge on any atom is -0.479 e. The summed E-state index contributed by atoms with van der Waals surface area (Å²) in [5.74, 6) is -2.81. The Labute approximate surface area is 195 Å². The zero-order valence-electron chi connectivity index (χ0n) is 16.6. The number of carboxylic acids is 1. The summed E-state index contributed by atoms with van der Waals surface area (Å²) in [6.45, 7) is 4.21. The minimum absolute atomic E-state index is 0.111. The van der Waals surface area contributed by atoms with Gasteiger partial charge in [-0.05, 0) is 12.5 Å². The average Bonchev–Trinajstić information content (AvgIpc) is 3.27. The molecule has 0 saturated carbocycles. The number of ether oxygens (including phenoxy) is 1. The number of rotatable bonds is 9. The second-order valence-corrected chi connectivity index (χ2v) is 8.92. The standard InChI is InChI=1S/C18H17ClN4O7S2/c1-8-5-32-17-13(16(27)23(17)14(8)18(28)29-3-9(2)19)21-15(26)12(10-6-31-7-20-10)22-30-4-11(24)25/h6-7,13,17H,2-5H2,1H3,(H,21,26)(H,24,25)/b22-12-/t13?,17-/m1/s1. The zero-order valence-corrected chi connectivity index (χ0v) is 19.0. The molecule has 1 fully saturated rings. The molecule has 2 N–H and O–H groups in total. The van der Waals surface area contributed by atoms with Gasteiger partial charge in [-0.15, -0.1) is 23.1 Å². The average molecular weight is 501 g/mol. The number of hydrogen-bond acceptors (Lipinski definition) is 10. The van der Waals surface area contributed by atoms with Gasteiger partial charge < -0.3 is 20.0 Å². The first-order valence-electron chi connectivity index (χ1n) is 8.96. The van der Waals surface area contributed by atoms with Crippen molar-refractivity contribution in [2.75, 3.05) is 19.0 Å². The van der Waals surface area contributed by atoms with Crippen LogP contribution in [-0.4, -0.2) is 74.8 Å². The van der Waals surface area contributed by atoms with Gasteiger partial charge in [0, 0.05) is 16.2 Å². The Hall–Kier alpha value is -2.90. The number of hydrogen-bond donors (Lipinski definition) is 2. The van der Waals surface area contributed by atoms with E-state index in [1.54, 1.807) is 6.92 Å². The maximum atomic E-state index is 12.8. The van der Waals surface area contributed by atoms with Crippen LogP contribution in [-0.2, 0) is 28.8 Å². The number of aliphatic carboxylic acids is 1. The second-order valence-electron chi connectivity index (χ2n) is 6.56. The van der Waals surface area contributed by atoms with Crippen LogP contribution in [0.15, 0.2) is 38.9 Å².